The van der Waals surface area contributed by atoms with Crippen LogP contribution < -0.4 is 0 Å². The number of aliphatic carboxylic acids is 1. The smallest absolute Gasteiger partial charge is 0.351 e. The van der Waals surface area contributed by atoms with Crippen molar-refractivity contribution in [2.45, 2.75) is 6.10 Å². The Morgan fingerprint density at radius 1 is 1.91 bits per heavy atom. The van der Waals surface area contributed by atoms with Gasteiger partial charge in [0, 0.05) is 6.08 Å². The molecular formula is C6H7NO4. The highest BCUT2D eigenvalue weighted by atomic mass is 16.6. The molecule has 5 nitrogen and oxygen atoms in total. The summed E-state index contributed by atoms with van der Waals surface area (Å²) < 4.78 is 4.69. The molecule has 0 aliphatic carbocycles. The number of rotatable bonds is 2. The zero-order valence-corrected chi connectivity index (χ0v) is 5.85. The minimum Gasteiger partial charge on any atom is -0.480 e. The highest BCUT2D eigenvalue weighted by Crippen LogP contribution is 2.06. The summed E-state index contributed by atoms with van der Waals surface area (Å²) in [6.07, 6.45) is 1.70. The topological polar surface area (TPSA) is 68.1 Å². The Hall–Kier alpha value is -1.52. The van der Waals surface area contributed by atoms with Gasteiger partial charge in [-0.15, -0.1) is 0 Å². The maximum Gasteiger partial charge on any atom is 0.351 e. The lowest BCUT2D eigenvalue weighted by atomic mass is 10.2. The molecule has 0 spiro atoms. The number of nitrogens with zero attached hydrogens (tertiary/aromatic N) is 1. The van der Waals surface area contributed by atoms with Crippen LogP contribution in [0.15, 0.2) is 17.5 Å². The molecule has 0 aromatic rings. The third-order valence-corrected chi connectivity index (χ3v) is 1.14. The molecule has 1 unspecified atom stereocenters. The minimum absolute atomic E-state index is 0.264. The third-order valence-electron chi connectivity index (χ3n) is 1.14. The molecule has 5 heteroatoms. The summed E-state index contributed by atoms with van der Waals surface area (Å²) in [7, 11) is 1.35. The molecule has 11 heavy (non-hydrogen) atoms. The molecule has 1 N–H and O–H groups in total. The van der Waals surface area contributed by atoms with Gasteiger partial charge in [0.1, 0.15) is 12.8 Å². The molecule has 0 amide bonds. The second-order valence-corrected chi connectivity index (χ2v) is 1.86. The summed E-state index contributed by atoms with van der Waals surface area (Å²) in [5, 5.41) is 12.0. The number of carboxylic acids is 1. The van der Waals surface area contributed by atoms with Crippen LogP contribution in [0.3, 0.4) is 0 Å². The lowest BCUT2D eigenvalue weighted by Gasteiger charge is -2.03. The van der Waals surface area contributed by atoms with Crippen molar-refractivity contribution < 1.29 is 19.5 Å². The monoisotopic (exact) mass is 157 g/mol. The highest BCUT2D eigenvalue weighted by Gasteiger charge is 2.27. The summed E-state index contributed by atoms with van der Waals surface area (Å²) in [6.45, 7) is 0. The molecule has 1 aliphatic heterocycles. The average molecular weight is 157 g/mol. The summed E-state index contributed by atoms with van der Waals surface area (Å²) in [5.41, 5.74) is 0.264. The normalized spacial score (nSPS) is 25.2. The summed E-state index contributed by atoms with van der Waals surface area (Å²) >= 11 is 0. The lowest BCUT2D eigenvalue weighted by molar-refractivity contribution is -0.143. The average Bonchev–Trinajstić information content (AvgIpc) is 2.36. The Labute approximate surface area is 62.9 Å². The highest BCUT2D eigenvalue weighted by molar-refractivity contribution is 6.11. The van der Waals surface area contributed by atoms with E-state index in [4.69, 9.17) is 5.11 Å². The van der Waals surface area contributed by atoms with Crippen LogP contribution in [0.5, 0.6) is 0 Å². The zero-order valence-electron chi connectivity index (χ0n) is 5.85. The van der Waals surface area contributed by atoms with Crippen LogP contribution in [-0.2, 0) is 14.4 Å². The van der Waals surface area contributed by atoms with E-state index in [9.17, 15) is 4.79 Å². The zero-order chi connectivity index (χ0) is 8.27. The standard InChI is InChI=1S/C6H7NO4/c1-10-7-4-2-3-11-5(4)6(8)9/h2-3,5H,1H3,(H,8,9)/b7-4-. The second kappa shape index (κ2) is 3.05. The van der Waals surface area contributed by atoms with Crippen molar-refractivity contribution in [3.05, 3.63) is 12.3 Å². The van der Waals surface area contributed by atoms with Crippen LogP contribution in [-0.4, -0.2) is 30.0 Å². The Morgan fingerprint density at radius 3 is 3.18 bits per heavy atom. The maximum absolute atomic E-state index is 10.4. The van der Waals surface area contributed by atoms with Crippen LogP contribution >= 0.6 is 0 Å². The molecule has 0 saturated carbocycles. The fourth-order valence-electron chi connectivity index (χ4n) is 0.713. The van der Waals surface area contributed by atoms with Gasteiger partial charge in [0.15, 0.2) is 0 Å². The van der Waals surface area contributed by atoms with E-state index in [1.165, 1.54) is 19.4 Å². The van der Waals surface area contributed by atoms with Crippen LogP contribution in [0, 0.1) is 0 Å². The largest absolute Gasteiger partial charge is 0.480 e. The van der Waals surface area contributed by atoms with Gasteiger partial charge < -0.3 is 14.7 Å². The van der Waals surface area contributed by atoms with Crippen molar-refractivity contribution in [2.24, 2.45) is 5.16 Å². The summed E-state index contributed by atoms with van der Waals surface area (Å²) in [6, 6.07) is 0. The molecule has 1 heterocycles. The number of carbonyl (C=O) groups is 1. The van der Waals surface area contributed by atoms with Gasteiger partial charge in [-0.1, -0.05) is 5.16 Å². The quantitative estimate of drug-likeness (QED) is 0.572. The van der Waals surface area contributed by atoms with Crippen LogP contribution in [0.25, 0.3) is 0 Å². The summed E-state index contributed by atoms with van der Waals surface area (Å²) in [4.78, 5) is 14.8. The fraction of sp³-hybridized carbons (Fsp3) is 0.333. The van der Waals surface area contributed by atoms with Gasteiger partial charge in [-0.3, -0.25) is 0 Å². The Balaban J connectivity index is 2.71. The van der Waals surface area contributed by atoms with Crippen molar-refractivity contribution in [3.8, 4) is 0 Å². The Kier molecular flexibility index (Phi) is 2.10. The predicted octanol–water partition coefficient (Wildman–Crippen LogP) is -0.0141. The molecule has 1 atom stereocenters. The van der Waals surface area contributed by atoms with Gasteiger partial charge in [0.25, 0.3) is 0 Å². The van der Waals surface area contributed by atoms with Crippen LogP contribution in [0.1, 0.15) is 0 Å². The number of hydrogen-bond donors (Lipinski definition) is 1. The molecule has 1 aliphatic rings. The van der Waals surface area contributed by atoms with Crippen molar-refractivity contribution in [3.63, 3.8) is 0 Å². The first-order chi connectivity index (χ1) is 5.25. The molecule has 0 fully saturated rings. The first kappa shape index (κ1) is 7.59. The van der Waals surface area contributed by atoms with E-state index >= 15 is 0 Å². The molecular weight excluding hydrogens is 150 g/mol. The SMILES string of the molecule is CO/N=C1/C=COC1C(=O)O. The molecule has 0 bridgehead atoms. The van der Waals surface area contributed by atoms with E-state index in [0.29, 0.717) is 0 Å². The van der Waals surface area contributed by atoms with Crippen molar-refractivity contribution >= 4 is 11.7 Å². The van der Waals surface area contributed by atoms with E-state index in [1.807, 2.05) is 0 Å². The molecule has 0 radical (unpaired) electrons. The Bertz CT molecular complexity index is 221. The summed E-state index contributed by atoms with van der Waals surface area (Å²) in [5.74, 6) is -1.08. The number of oxime groups is 1. The second-order valence-electron chi connectivity index (χ2n) is 1.86. The van der Waals surface area contributed by atoms with E-state index < -0.39 is 12.1 Å². The van der Waals surface area contributed by atoms with Crippen molar-refractivity contribution in [1.82, 2.24) is 0 Å². The van der Waals surface area contributed by atoms with E-state index in [-0.39, 0.29) is 5.71 Å². The first-order valence-corrected chi connectivity index (χ1v) is 2.91. The van der Waals surface area contributed by atoms with Gasteiger partial charge >= 0.3 is 5.97 Å². The van der Waals surface area contributed by atoms with Gasteiger partial charge in [-0.25, -0.2) is 4.79 Å². The van der Waals surface area contributed by atoms with Gasteiger partial charge in [-0.05, 0) is 0 Å². The van der Waals surface area contributed by atoms with Crippen LogP contribution in [0.2, 0.25) is 0 Å². The molecule has 0 aromatic carbocycles. The maximum atomic E-state index is 10.4. The fourth-order valence-corrected chi connectivity index (χ4v) is 0.713. The Morgan fingerprint density at radius 2 is 2.64 bits per heavy atom. The number of hydrogen-bond acceptors (Lipinski definition) is 4. The predicted molar refractivity (Wildman–Crippen MR) is 36.1 cm³/mol. The van der Waals surface area contributed by atoms with Gasteiger partial charge in [0.05, 0.1) is 6.26 Å². The molecule has 0 saturated heterocycles. The number of carboxylic acid groups (broad SMARTS) is 1. The molecule has 60 valence electrons. The third kappa shape index (κ3) is 1.49. The van der Waals surface area contributed by atoms with Crippen molar-refractivity contribution in [2.75, 3.05) is 7.11 Å². The van der Waals surface area contributed by atoms with Crippen molar-refractivity contribution in [1.29, 1.82) is 0 Å². The molecule has 1 rings (SSSR count). The lowest BCUT2D eigenvalue weighted by Crippen LogP contribution is -2.26. The minimum atomic E-state index is -1.08. The number of ether oxygens (including phenoxy) is 1. The van der Waals surface area contributed by atoms with Gasteiger partial charge in [-0.2, -0.15) is 0 Å². The van der Waals surface area contributed by atoms with E-state index in [2.05, 4.69) is 14.7 Å². The van der Waals surface area contributed by atoms with Crippen LogP contribution in [0.4, 0.5) is 0 Å². The first-order valence-electron chi connectivity index (χ1n) is 2.91. The van der Waals surface area contributed by atoms with E-state index in [0.717, 1.165) is 0 Å². The molecule has 0 aromatic heterocycles. The van der Waals surface area contributed by atoms with Gasteiger partial charge in [0.2, 0.25) is 6.10 Å². The van der Waals surface area contributed by atoms with E-state index in [1.54, 1.807) is 0 Å².